The first-order chi connectivity index (χ1) is 8.58. The lowest BCUT2D eigenvalue weighted by atomic mass is 10.2. The molecule has 0 spiro atoms. The lowest BCUT2D eigenvalue weighted by Gasteiger charge is -2.03. The molecule has 0 aliphatic carbocycles. The Hall–Kier alpha value is -1.82. The van der Waals surface area contributed by atoms with Crippen LogP contribution < -0.4 is 0 Å². The first kappa shape index (κ1) is 12.6. The minimum atomic E-state index is -0.961. The van der Waals surface area contributed by atoms with E-state index >= 15 is 0 Å². The molecule has 0 aliphatic heterocycles. The van der Waals surface area contributed by atoms with Crippen LogP contribution in [0.4, 0.5) is 0 Å². The number of rotatable bonds is 4. The van der Waals surface area contributed by atoms with E-state index < -0.39 is 5.97 Å². The van der Waals surface area contributed by atoms with Gasteiger partial charge in [-0.05, 0) is 37.2 Å². The highest BCUT2D eigenvalue weighted by Gasteiger charge is 2.11. The van der Waals surface area contributed by atoms with E-state index in [9.17, 15) is 4.79 Å². The molecule has 0 aromatic carbocycles. The number of nitrogens with zero attached hydrogens (tertiary/aromatic N) is 2. The molecule has 2 heterocycles. The van der Waals surface area contributed by atoms with E-state index in [2.05, 4.69) is 9.97 Å². The van der Waals surface area contributed by atoms with Gasteiger partial charge in [-0.1, -0.05) is 6.92 Å². The predicted molar refractivity (Wildman–Crippen MR) is 65.9 cm³/mol. The van der Waals surface area contributed by atoms with Gasteiger partial charge in [-0.25, -0.2) is 14.8 Å². The molecule has 5 nitrogen and oxygen atoms in total. The summed E-state index contributed by atoms with van der Waals surface area (Å²) in [7, 11) is 0. The summed E-state index contributed by atoms with van der Waals surface area (Å²) in [6, 6.07) is 3.10. The molecule has 0 bridgehead atoms. The molecule has 2 aromatic rings. The molecule has 6 heteroatoms. The maximum atomic E-state index is 11.0. The largest absolute Gasteiger partial charge is 0.478 e. The van der Waals surface area contributed by atoms with Crippen LogP contribution in [0.1, 0.15) is 28.7 Å². The zero-order valence-corrected chi connectivity index (χ0v) is 10.8. The average molecular weight is 264 g/mol. The zero-order chi connectivity index (χ0) is 13.1. The number of aryl methyl sites for hydroxylation is 2. The number of aromatic nitrogens is 2. The standard InChI is InChI=1S/C12H12N2O3S/c1-3-9-4-8(11(15)16)5-10(14-9)18-12-13-7(2)6-17-12/h4-6H,3H2,1-2H3,(H,15,16). The Kier molecular flexibility index (Phi) is 3.66. The van der Waals surface area contributed by atoms with Crippen LogP contribution >= 0.6 is 11.8 Å². The van der Waals surface area contributed by atoms with Crippen molar-refractivity contribution in [3.8, 4) is 0 Å². The number of hydrogen-bond acceptors (Lipinski definition) is 5. The highest BCUT2D eigenvalue weighted by molar-refractivity contribution is 7.99. The number of carboxylic acid groups (broad SMARTS) is 1. The molecule has 1 N–H and O–H groups in total. The van der Waals surface area contributed by atoms with Gasteiger partial charge in [-0.2, -0.15) is 0 Å². The molecular weight excluding hydrogens is 252 g/mol. The van der Waals surface area contributed by atoms with Crippen LogP contribution in [-0.2, 0) is 6.42 Å². The first-order valence-corrected chi connectivity index (χ1v) is 6.24. The fourth-order valence-corrected chi connectivity index (χ4v) is 2.20. The minimum absolute atomic E-state index is 0.229. The fourth-order valence-electron chi connectivity index (χ4n) is 1.39. The van der Waals surface area contributed by atoms with Gasteiger partial charge < -0.3 is 9.52 Å². The molecule has 0 amide bonds. The Morgan fingerprint density at radius 3 is 2.78 bits per heavy atom. The maximum Gasteiger partial charge on any atom is 0.335 e. The molecule has 0 fully saturated rings. The van der Waals surface area contributed by atoms with Crippen LogP contribution in [0.25, 0.3) is 0 Å². The highest BCUT2D eigenvalue weighted by Crippen LogP contribution is 2.26. The molecule has 0 saturated heterocycles. The van der Waals surface area contributed by atoms with Gasteiger partial charge in [0.2, 0.25) is 0 Å². The third-order valence-electron chi connectivity index (χ3n) is 2.25. The number of pyridine rings is 1. The van der Waals surface area contributed by atoms with E-state index in [1.807, 2.05) is 13.8 Å². The van der Waals surface area contributed by atoms with Crippen molar-refractivity contribution in [2.75, 3.05) is 0 Å². The molecule has 0 saturated carbocycles. The zero-order valence-electron chi connectivity index (χ0n) is 10.0. The molecule has 0 atom stereocenters. The second-order valence-corrected chi connectivity index (χ2v) is 4.67. The van der Waals surface area contributed by atoms with Crippen LogP contribution in [0.5, 0.6) is 0 Å². The smallest absolute Gasteiger partial charge is 0.335 e. The van der Waals surface area contributed by atoms with Crippen molar-refractivity contribution in [1.29, 1.82) is 0 Å². The predicted octanol–water partition coefficient (Wildman–Crippen LogP) is 2.79. The molecule has 18 heavy (non-hydrogen) atoms. The summed E-state index contributed by atoms with van der Waals surface area (Å²) in [6.07, 6.45) is 2.23. The molecule has 0 radical (unpaired) electrons. The van der Waals surface area contributed by atoms with Crippen molar-refractivity contribution in [3.05, 3.63) is 35.3 Å². The molecular formula is C12H12N2O3S. The van der Waals surface area contributed by atoms with Gasteiger partial charge >= 0.3 is 5.97 Å². The van der Waals surface area contributed by atoms with Crippen molar-refractivity contribution in [3.63, 3.8) is 0 Å². The summed E-state index contributed by atoms with van der Waals surface area (Å²) in [4.78, 5) is 19.5. The van der Waals surface area contributed by atoms with Crippen molar-refractivity contribution in [2.45, 2.75) is 30.5 Å². The van der Waals surface area contributed by atoms with Crippen molar-refractivity contribution in [1.82, 2.24) is 9.97 Å². The lowest BCUT2D eigenvalue weighted by molar-refractivity contribution is 0.0696. The highest BCUT2D eigenvalue weighted by atomic mass is 32.2. The van der Waals surface area contributed by atoms with Crippen molar-refractivity contribution < 1.29 is 14.3 Å². The SMILES string of the molecule is CCc1cc(C(=O)O)cc(Sc2nc(C)co2)n1. The van der Waals surface area contributed by atoms with Crippen LogP contribution in [0.3, 0.4) is 0 Å². The van der Waals surface area contributed by atoms with E-state index in [-0.39, 0.29) is 5.56 Å². The van der Waals surface area contributed by atoms with E-state index in [4.69, 9.17) is 9.52 Å². The summed E-state index contributed by atoms with van der Waals surface area (Å²) < 4.78 is 5.21. The Labute approximate surface area is 108 Å². The number of aromatic carboxylic acids is 1. The first-order valence-electron chi connectivity index (χ1n) is 5.42. The molecule has 2 rings (SSSR count). The number of carbonyl (C=O) groups is 1. The average Bonchev–Trinajstić information content (AvgIpc) is 2.74. The second-order valence-electron chi connectivity index (χ2n) is 3.70. The van der Waals surface area contributed by atoms with Crippen LogP contribution in [0.15, 0.2) is 33.1 Å². The molecule has 0 unspecified atom stereocenters. The van der Waals surface area contributed by atoms with Crippen molar-refractivity contribution >= 4 is 17.7 Å². The van der Waals surface area contributed by atoms with Gasteiger partial charge in [0.05, 0.1) is 11.3 Å². The number of carboxylic acids is 1. The Bertz CT molecular complexity index is 580. The van der Waals surface area contributed by atoms with Crippen molar-refractivity contribution in [2.24, 2.45) is 0 Å². The Morgan fingerprint density at radius 2 is 2.22 bits per heavy atom. The van der Waals surface area contributed by atoms with E-state index in [0.717, 1.165) is 11.4 Å². The normalized spacial score (nSPS) is 10.6. The number of hydrogen-bond donors (Lipinski definition) is 1. The summed E-state index contributed by atoms with van der Waals surface area (Å²) in [5.74, 6) is -0.961. The van der Waals surface area contributed by atoms with Gasteiger partial charge in [0.25, 0.3) is 5.22 Å². The van der Waals surface area contributed by atoms with Gasteiger partial charge in [-0.3, -0.25) is 0 Å². The van der Waals surface area contributed by atoms with E-state index in [1.165, 1.54) is 17.8 Å². The van der Waals surface area contributed by atoms with E-state index in [1.54, 1.807) is 12.3 Å². The maximum absolute atomic E-state index is 11.0. The van der Waals surface area contributed by atoms with Gasteiger partial charge in [0.1, 0.15) is 11.3 Å². The summed E-state index contributed by atoms with van der Waals surface area (Å²) in [5.41, 5.74) is 1.75. The fraction of sp³-hybridized carbons (Fsp3) is 0.250. The molecule has 94 valence electrons. The summed E-state index contributed by atoms with van der Waals surface area (Å²) in [5, 5.41) is 10.1. The summed E-state index contributed by atoms with van der Waals surface area (Å²) >= 11 is 1.22. The molecule has 0 aliphatic rings. The van der Waals surface area contributed by atoms with Crippen LogP contribution in [0.2, 0.25) is 0 Å². The monoisotopic (exact) mass is 264 g/mol. The van der Waals surface area contributed by atoms with Gasteiger partial charge in [0.15, 0.2) is 0 Å². The van der Waals surface area contributed by atoms with Gasteiger partial charge in [0, 0.05) is 5.69 Å². The van der Waals surface area contributed by atoms with Crippen LogP contribution in [-0.4, -0.2) is 21.0 Å². The third kappa shape index (κ3) is 2.89. The minimum Gasteiger partial charge on any atom is -0.478 e. The summed E-state index contributed by atoms with van der Waals surface area (Å²) in [6.45, 7) is 3.75. The van der Waals surface area contributed by atoms with Crippen LogP contribution in [0, 0.1) is 6.92 Å². The quantitative estimate of drug-likeness (QED) is 0.915. The molecule has 2 aromatic heterocycles. The second kappa shape index (κ2) is 5.22. The van der Waals surface area contributed by atoms with Gasteiger partial charge in [-0.15, -0.1) is 0 Å². The third-order valence-corrected chi connectivity index (χ3v) is 3.03. The van der Waals surface area contributed by atoms with E-state index in [0.29, 0.717) is 16.7 Å². The lowest BCUT2D eigenvalue weighted by Crippen LogP contribution is -2.00. The Morgan fingerprint density at radius 1 is 1.44 bits per heavy atom. The Balaban J connectivity index is 2.32. The number of oxazole rings is 1. The topological polar surface area (TPSA) is 76.2 Å².